The summed E-state index contributed by atoms with van der Waals surface area (Å²) in [6.45, 7) is 2.27. The van der Waals surface area contributed by atoms with Crippen molar-refractivity contribution in [1.82, 2.24) is 20.2 Å². The Hall–Kier alpha value is -0.960. The first-order chi connectivity index (χ1) is 9.49. The van der Waals surface area contributed by atoms with Crippen LogP contribution in [-0.4, -0.2) is 44.9 Å². The van der Waals surface area contributed by atoms with Crippen molar-refractivity contribution in [2.45, 2.75) is 49.9 Å². The maximum absolute atomic E-state index is 12.5. The molecule has 0 bridgehead atoms. The number of rotatable bonds is 6. The number of hydrogen-bond donors (Lipinski definition) is 3. The predicted octanol–water partition coefficient (Wildman–Crippen LogP) is 0.283. The van der Waals surface area contributed by atoms with E-state index in [-0.39, 0.29) is 17.2 Å². The van der Waals surface area contributed by atoms with Gasteiger partial charge in [0.15, 0.2) is 5.03 Å². The van der Waals surface area contributed by atoms with Crippen LogP contribution in [0.2, 0.25) is 0 Å². The Morgan fingerprint density at radius 2 is 2.20 bits per heavy atom. The highest BCUT2D eigenvalue weighted by Crippen LogP contribution is 2.24. The van der Waals surface area contributed by atoms with Gasteiger partial charge >= 0.3 is 0 Å². The highest BCUT2D eigenvalue weighted by molar-refractivity contribution is 7.89. The summed E-state index contributed by atoms with van der Waals surface area (Å²) < 4.78 is 33.0. The molecule has 0 radical (unpaired) electrons. The van der Waals surface area contributed by atoms with Gasteiger partial charge in [-0.25, -0.2) is 13.1 Å². The number of hydrogen-bond acceptors (Lipinski definition) is 5. The molecule has 114 valence electrons. The maximum Gasteiger partial charge on any atom is 0.260 e. The van der Waals surface area contributed by atoms with E-state index in [9.17, 15) is 8.42 Å². The fourth-order valence-corrected chi connectivity index (χ4v) is 4.13. The van der Waals surface area contributed by atoms with Gasteiger partial charge in [0.1, 0.15) is 0 Å². The van der Waals surface area contributed by atoms with E-state index in [2.05, 4.69) is 20.2 Å². The summed E-state index contributed by atoms with van der Waals surface area (Å²) in [5.74, 6) is 0. The fraction of sp³-hybridized carbons (Fsp3) is 0.750. The molecule has 0 saturated heterocycles. The second-order valence-electron chi connectivity index (χ2n) is 5.10. The van der Waals surface area contributed by atoms with Gasteiger partial charge in [0.05, 0.1) is 6.10 Å². The fourth-order valence-electron chi connectivity index (χ4n) is 2.64. The van der Waals surface area contributed by atoms with Crippen LogP contribution in [0, 0.1) is 6.92 Å². The minimum Gasteiger partial charge on any atom is -0.380 e. The first-order valence-electron chi connectivity index (χ1n) is 6.73. The minimum atomic E-state index is -3.63. The molecule has 1 aliphatic carbocycles. The Labute approximate surface area is 119 Å². The standard InChI is InChI=1S/C12H22N4O3S/c1-8-9(7-13-2)12(15-14-8)20(17,18)16-10-5-4-6-11(10)19-3/h10-11,13,16H,4-7H2,1-3H3,(H,14,15). The summed E-state index contributed by atoms with van der Waals surface area (Å²) in [4.78, 5) is 0. The van der Waals surface area contributed by atoms with Gasteiger partial charge in [-0.1, -0.05) is 0 Å². The number of sulfonamides is 1. The lowest BCUT2D eigenvalue weighted by molar-refractivity contribution is 0.0916. The normalized spacial score (nSPS) is 23.4. The van der Waals surface area contributed by atoms with Gasteiger partial charge in [-0.15, -0.1) is 0 Å². The van der Waals surface area contributed by atoms with Gasteiger partial charge in [0, 0.05) is 31.0 Å². The average molecular weight is 302 g/mol. The molecule has 1 aliphatic rings. The predicted molar refractivity (Wildman–Crippen MR) is 74.8 cm³/mol. The zero-order valence-corrected chi connectivity index (χ0v) is 12.9. The van der Waals surface area contributed by atoms with Crippen LogP contribution in [0.1, 0.15) is 30.5 Å². The molecule has 1 aromatic rings. The molecule has 0 spiro atoms. The molecular formula is C12H22N4O3S. The highest BCUT2D eigenvalue weighted by atomic mass is 32.2. The Morgan fingerprint density at radius 3 is 2.85 bits per heavy atom. The number of ether oxygens (including phenoxy) is 1. The van der Waals surface area contributed by atoms with E-state index in [4.69, 9.17) is 4.74 Å². The van der Waals surface area contributed by atoms with Crippen LogP contribution >= 0.6 is 0 Å². The molecule has 0 amide bonds. The second kappa shape index (κ2) is 6.21. The van der Waals surface area contributed by atoms with E-state index in [1.54, 1.807) is 14.2 Å². The SMILES string of the molecule is CNCc1c(S(=O)(=O)NC2CCCC2OC)n[nH]c1C. The van der Waals surface area contributed by atoms with E-state index in [0.717, 1.165) is 25.0 Å². The van der Waals surface area contributed by atoms with Crippen LogP contribution in [0.4, 0.5) is 0 Å². The molecule has 1 heterocycles. The number of H-pyrrole nitrogens is 1. The molecule has 2 atom stereocenters. The summed E-state index contributed by atoms with van der Waals surface area (Å²) in [7, 11) is -0.246. The van der Waals surface area contributed by atoms with Crippen molar-refractivity contribution in [3.8, 4) is 0 Å². The molecule has 1 fully saturated rings. The second-order valence-corrected chi connectivity index (χ2v) is 6.72. The summed E-state index contributed by atoms with van der Waals surface area (Å²) >= 11 is 0. The van der Waals surface area contributed by atoms with E-state index in [1.165, 1.54) is 0 Å². The van der Waals surface area contributed by atoms with Crippen LogP contribution in [0.5, 0.6) is 0 Å². The third-order valence-electron chi connectivity index (χ3n) is 3.71. The lowest BCUT2D eigenvalue weighted by Gasteiger charge is -2.19. The number of nitrogens with zero attached hydrogens (tertiary/aromatic N) is 1. The Kier molecular flexibility index (Phi) is 4.79. The average Bonchev–Trinajstić information content (AvgIpc) is 2.97. The van der Waals surface area contributed by atoms with Gasteiger partial charge in [0.25, 0.3) is 10.0 Å². The smallest absolute Gasteiger partial charge is 0.260 e. The first kappa shape index (κ1) is 15.4. The van der Waals surface area contributed by atoms with Crippen molar-refractivity contribution < 1.29 is 13.2 Å². The van der Waals surface area contributed by atoms with Crippen molar-refractivity contribution in [3.05, 3.63) is 11.3 Å². The van der Waals surface area contributed by atoms with Crippen LogP contribution in [0.3, 0.4) is 0 Å². The zero-order chi connectivity index (χ0) is 14.8. The van der Waals surface area contributed by atoms with Crippen LogP contribution in [0.15, 0.2) is 5.03 Å². The topological polar surface area (TPSA) is 96.1 Å². The largest absolute Gasteiger partial charge is 0.380 e. The van der Waals surface area contributed by atoms with Crippen LogP contribution in [0.25, 0.3) is 0 Å². The molecule has 3 N–H and O–H groups in total. The monoisotopic (exact) mass is 302 g/mol. The van der Waals surface area contributed by atoms with Crippen LogP contribution < -0.4 is 10.0 Å². The van der Waals surface area contributed by atoms with Crippen molar-refractivity contribution in [3.63, 3.8) is 0 Å². The highest BCUT2D eigenvalue weighted by Gasteiger charge is 2.33. The molecule has 0 aliphatic heterocycles. The van der Waals surface area contributed by atoms with Crippen molar-refractivity contribution in [1.29, 1.82) is 0 Å². The first-order valence-corrected chi connectivity index (χ1v) is 8.21. The third kappa shape index (κ3) is 3.03. The lowest BCUT2D eigenvalue weighted by atomic mass is 10.2. The molecule has 7 nitrogen and oxygen atoms in total. The summed E-state index contributed by atoms with van der Waals surface area (Å²) in [5.41, 5.74) is 1.43. The number of aromatic nitrogens is 2. The third-order valence-corrected chi connectivity index (χ3v) is 5.17. The van der Waals surface area contributed by atoms with Crippen molar-refractivity contribution in [2.75, 3.05) is 14.2 Å². The summed E-state index contributed by atoms with van der Waals surface area (Å²) in [5, 5.41) is 9.72. The van der Waals surface area contributed by atoms with Crippen LogP contribution in [-0.2, 0) is 21.3 Å². The van der Waals surface area contributed by atoms with Crippen molar-refractivity contribution in [2.24, 2.45) is 0 Å². The van der Waals surface area contributed by atoms with Gasteiger partial charge in [0.2, 0.25) is 0 Å². The van der Waals surface area contributed by atoms with Gasteiger partial charge in [-0.3, -0.25) is 5.10 Å². The van der Waals surface area contributed by atoms with Gasteiger partial charge < -0.3 is 10.1 Å². The minimum absolute atomic E-state index is 0.0578. The zero-order valence-electron chi connectivity index (χ0n) is 12.1. The molecule has 2 unspecified atom stereocenters. The number of aryl methyl sites for hydroxylation is 1. The number of methoxy groups -OCH3 is 1. The Morgan fingerprint density at radius 1 is 1.45 bits per heavy atom. The number of nitrogens with one attached hydrogen (secondary N) is 3. The summed E-state index contributed by atoms with van der Waals surface area (Å²) in [6.07, 6.45) is 2.58. The molecule has 20 heavy (non-hydrogen) atoms. The Balaban J connectivity index is 2.22. The lowest BCUT2D eigenvalue weighted by Crippen LogP contribution is -2.41. The van der Waals surface area contributed by atoms with E-state index >= 15 is 0 Å². The van der Waals surface area contributed by atoms with E-state index in [0.29, 0.717) is 12.1 Å². The molecule has 0 aromatic carbocycles. The van der Waals surface area contributed by atoms with Gasteiger partial charge in [-0.2, -0.15) is 5.10 Å². The van der Waals surface area contributed by atoms with E-state index in [1.807, 2.05) is 6.92 Å². The summed E-state index contributed by atoms with van der Waals surface area (Å²) in [6, 6.07) is -0.176. The molecule has 2 rings (SSSR count). The Bertz CT molecular complexity index is 555. The number of aromatic amines is 1. The molecule has 1 saturated carbocycles. The molecular weight excluding hydrogens is 280 g/mol. The van der Waals surface area contributed by atoms with Crippen molar-refractivity contribution >= 4 is 10.0 Å². The van der Waals surface area contributed by atoms with Gasteiger partial charge in [-0.05, 0) is 33.2 Å². The van der Waals surface area contributed by atoms with E-state index < -0.39 is 10.0 Å². The molecule has 8 heteroatoms. The molecule has 1 aromatic heterocycles. The maximum atomic E-state index is 12.5. The quantitative estimate of drug-likeness (QED) is 0.701.